The monoisotopic (exact) mass is 268 g/mol. The van der Waals surface area contributed by atoms with E-state index in [0.29, 0.717) is 16.6 Å². The fourth-order valence-electron chi connectivity index (χ4n) is 2.14. The van der Waals surface area contributed by atoms with Crippen LogP contribution < -0.4 is 11.1 Å². The summed E-state index contributed by atoms with van der Waals surface area (Å²) in [4.78, 5) is 11.1. The lowest BCUT2D eigenvalue weighted by Gasteiger charge is -2.29. The van der Waals surface area contributed by atoms with E-state index in [1.165, 1.54) is 0 Å². The van der Waals surface area contributed by atoms with E-state index in [4.69, 9.17) is 22.1 Å². The lowest BCUT2D eigenvalue weighted by Crippen LogP contribution is -2.32. The molecule has 5 heteroatoms. The minimum Gasteiger partial charge on any atom is -0.381 e. The zero-order chi connectivity index (χ0) is 13.1. The summed E-state index contributed by atoms with van der Waals surface area (Å²) in [7, 11) is 0. The van der Waals surface area contributed by atoms with Crippen LogP contribution in [0.1, 0.15) is 30.1 Å². The number of amides is 1. The number of nitrogens with two attached hydrogens (primary N) is 1. The van der Waals surface area contributed by atoms with Gasteiger partial charge in [0, 0.05) is 18.2 Å². The summed E-state index contributed by atoms with van der Waals surface area (Å²) in [5, 5.41) is 3.95. The predicted octanol–water partition coefficient (Wildman–Crippen LogP) is 2.42. The molecule has 0 aliphatic carbocycles. The third kappa shape index (κ3) is 3.15. The fourth-order valence-corrected chi connectivity index (χ4v) is 2.31. The molecule has 98 valence electrons. The third-order valence-corrected chi connectivity index (χ3v) is 3.43. The van der Waals surface area contributed by atoms with Gasteiger partial charge in [-0.15, -0.1) is 0 Å². The number of rotatable bonds is 3. The average Bonchev–Trinajstić information content (AvgIpc) is 2.31. The molecule has 1 fully saturated rings. The van der Waals surface area contributed by atoms with Crippen molar-refractivity contribution in [3.63, 3.8) is 0 Å². The summed E-state index contributed by atoms with van der Waals surface area (Å²) in [5.74, 6) is -0.449. The van der Waals surface area contributed by atoms with Crippen molar-refractivity contribution < 1.29 is 9.53 Å². The second-order valence-corrected chi connectivity index (χ2v) is 5.01. The SMILES string of the molecule is CC1CC(Nc2cc(C(N)=O)ccc2Cl)CCO1. The van der Waals surface area contributed by atoms with Gasteiger partial charge in [0.25, 0.3) is 0 Å². The van der Waals surface area contributed by atoms with Crippen LogP contribution in [0.15, 0.2) is 18.2 Å². The second-order valence-electron chi connectivity index (χ2n) is 4.61. The van der Waals surface area contributed by atoms with Crippen LogP contribution in [0.4, 0.5) is 5.69 Å². The number of primary amides is 1. The number of carbonyl (C=O) groups is 1. The molecule has 2 atom stereocenters. The molecule has 1 aliphatic heterocycles. The Hall–Kier alpha value is -1.26. The van der Waals surface area contributed by atoms with Crippen molar-refractivity contribution >= 4 is 23.2 Å². The van der Waals surface area contributed by atoms with Gasteiger partial charge in [-0.1, -0.05) is 11.6 Å². The molecule has 0 saturated carbocycles. The van der Waals surface area contributed by atoms with Gasteiger partial charge in [0.15, 0.2) is 0 Å². The van der Waals surface area contributed by atoms with Crippen LogP contribution in [0.5, 0.6) is 0 Å². The maximum atomic E-state index is 11.1. The van der Waals surface area contributed by atoms with Gasteiger partial charge in [-0.25, -0.2) is 0 Å². The molecular formula is C13H17ClN2O2. The number of anilines is 1. The van der Waals surface area contributed by atoms with Crippen LogP contribution in [0.2, 0.25) is 5.02 Å². The summed E-state index contributed by atoms with van der Waals surface area (Å²) < 4.78 is 5.49. The van der Waals surface area contributed by atoms with E-state index in [2.05, 4.69) is 12.2 Å². The van der Waals surface area contributed by atoms with Crippen molar-refractivity contribution in [2.24, 2.45) is 5.73 Å². The molecule has 3 N–H and O–H groups in total. The van der Waals surface area contributed by atoms with Crippen molar-refractivity contribution in [2.45, 2.75) is 31.9 Å². The van der Waals surface area contributed by atoms with E-state index in [1.807, 2.05) is 0 Å². The number of benzene rings is 1. The number of carbonyl (C=O) groups excluding carboxylic acids is 1. The number of halogens is 1. The predicted molar refractivity (Wildman–Crippen MR) is 72.0 cm³/mol. The molecular weight excluding hydrogens is 252 g/mol. The van der Waals surface area contributed by atoms with Gasteiger partial charge in [0.1, 0.15) is 0 Å². The van der Waals surface area contributed by atoms with E-state index < -0.39 is 5.91 Å². The van der Waals surface area contributed by atoms with Crippen molar-refractivity contribution in [3.05, 3.63) is 28.8 Å². The van der Waals surface area contributed by atoms with Gasteiger partial charge in [-0.05, 0) is 38.0 Å². The Labute approximate surface area is 111 Å². The first kappa shape index (κ1) is 13.2. The first-order valence-corrected chi connectivity index (χ1v) is 6.41. The highest BCUT2D eigenvalue weighted by Gasteiger charge is 2.20. The molecule has 1 saturated heterocycles. The van der Waals surface area contributed by atoms with Gasteiger partial charge >= 0.3 is 0 Å². The van der Waals surface area contributed by atoms with E-state index in [1.54, 1.807) is 18.2 Å². The molecule has 1 aromatic carbocycles. The first-order valence-electron chi connectivity index (χ1n) is 6.03. The Kier molecular flexibility index (Phi) is 4.09. The Morgan fingerprint density at radius 1 is 1.56 bits per heavy atom. The highest BCUT2D eigenvalue weighted by atomic mass is 35.5. The van der Waals surface area contributed by atoms with Gasteiger partial charge < -0.3 is 15.8 Å². The standard InChI is InChI=1S/C13H17ClN2O2/c1-8-6-10(4-5-18-8)16-12-7-9(13(15)17)2-3-11(12)14/h2-3,7-8,10,16H,4-6H2,1H3,(H2,15,17). The molecule has 0 aromatic heterocycles. The Morgan fingerprint density at radius 3 is 3.00 bits per heavy atom. The summed E-state index contributed by atoms with van der Waals surface area (Å²) >= 11 is 6.11. The normalized spacial score (nSPS) is 23.7. The number of hydrogen-bond donors (Lipinski definition) is 2. The Bertz CT molecular complexity index is 451. The van der Waals surface area contributed by atoms with Crippen molar-refractivity contribution in [1.82, 2.24) is 0 Å². The Morgan fingerprint density at radius 2 is 2.33 bits per heavy atom. The largest absolute Gasteiger partial charge is 0.381 e. The van der Waals surface area contributed by atoms with Crippen molar-refractivity contribution in [3.8, 4) is 0 Å². The van der Waals surface area contributed by atoms with E-state index >= 15 is 0 Å². The molecule has 1 amide bonds. The minimum atomic E-state index is -0.449. The topological polar surface area (TPSA) is 64.3 Å². The van der Waals surface area contributed by atoms with E-state index in [9.17, 15) is 4.79 Å². The maximum absolute atomic E-state index is 11.1. The molecule has 0 spiro atoms. The number of ether oxygens (including phenoxy) is 1. The third-order valence-electron chi connectivity index (χ3n) is 3.10. The second kappa shape index (κ2) is 5.59. The fraction of sp³-hybridized carbons (Fsp3) is 0.462. The van der Waals surface area contributed by atoms with Gasteiger partial charge in [-0.3, -0.25) is 4.79 Å². The van der Waals surface area contributed by atoms with Crippen LogP contribution in [0.3, 0.4) is 0 Å². The van der Waals surface area contributed by atoms with Crippen molar-refractivity contribution in [1.29, 1.82) is 0 Å². The molecule has 2 unspecified atom stereocenters. The molecule has 0 radical (unpaired) electrons. The van der Waals surface area contributed by atoms with Crippen LogP contribution in [0, 0.1) is 0 Å². The van der Waals surface area contributed by atoms with Crippen LogP contribution in [0.25, 0.3) is 0 Å². The quantitative estimate of drug-likeness (QED) is 0.885. The number of hydrogen-bond acceptors (Lipinski definition) is 3. The van der Waals surface area contributed by atoms with E-state index in [-0.39, 0.29) is 6.10 Å². The van der Waals surface area contributed by atoms with Gasteiger partial charge in [-0.2, -0.15) is 0 Å². The zero-order valence-corrected chi connectivity index (χ0v) is 11.0. The smallest absolute Gasteiger partial charge is 0.248 e. The van der Waals surface area contributed by atoms with Crippen LogP contribution in [-0.4, -0.2) is 24.7 Å². The van der Waals surface area contributed by atoms with E-state index in [0.717, 1.165) is 25.1 Å². The summed E-state index contributed by atoms with van der Waals surface area (Å²) in [5.41, 5.74) is 6.47. The molecule has 0 bridgehead atoms. The van der Waals surface area contributed by atoms with Crippen LogP contribution in [-0.2, 0) is 4.74 Å². The highest BCUT2D eigenvalue weighted by Crippen LogP contribution is 2.26. The summed E-state index contributed by atoms with van der Waals surface area (Å²) in [6.45, 7) is 2.79. The van der Waals surface area contributed by atoms with Gasteiger partial charge in [0.05, 0.1) is 16.8 Å². The molecule has 18 heavy (non-hydrogen) atoms. The molecule has 1 heterocycles. The zero-order valence-electron chi connectivity index (χ0n) is 10.3. The maximum Gasteiger partial charge on any atom is 0.248 e. The summed E-state index contributed by atoms with van der Waals surface area (Å²) in [6, 6.07) is 5.33. The lowest BCUT2D eigenvalue weighted by atomic mass is 10.0. The first-order chi connectivity index (χ1) is 8.56. The highest BCUT2D eigenvalue weighted by molar-refractivity contribution is 6.33. The molecule has 2 rings (SSSR count). The Balaban J connectivity index is 2.12. The number of nitrogens with one attached hydrogen (secondary N) is 1. The molecule has 1 aliphatic rings. The van der Waals surface area contributed by atoms with Crippen LogP contribution >= 0.6 is 11.6 Å². The molecule has 4 nitrogen and oxygen atoms in total. The lowest BCUT2D eigenvalue weighted by molar-refractivity contribution is 0.0232. The minimum absolute atomic E-state index is 0.245. The summed E-state index contributed by atoms with van der Waals surface area (Å²) in [6.07, 6.45) is 2.10. The molecule has 1 aromatic rings. The van der Waals surface area contributed by atoms with Crippen molar-refractivity contribution in [2.75, 3.05) is 11.9 Å². The van der Waals surface area contributed by atoms with Gasteiger partial charge in [0.2, 0.25) is 5.91 Å². The average molecular weight is 269 g/mol.